The predicted molar refractivity (Wildman–Crippen MR) is 75.7 cm³/mol. The molecule has 2 bridgehead atoms. The van der Waals surface area contributed by atoms with E-state index < -0.39 is 0 Å². The van der Waals surface area contributed by atoms with Gasteiger partial charge in [0.1, 0.15) is 5.82 Å². The Bertz CT molecular complexity index is 437. The summed E-state index contributed by atoms with van der Waals surface area (Å²) in [4.78, 5) is 6.59. The molecule has 104 valence electrons. The smallest absolute Gasteiger partial charge is 0.126 e. The quantitative estimate of drug-likeness (QED) is 0.864. The van der Waals surface area contributed by atoms with E-state index in [0.717, 1.165) is 18.4 Å². The Balaban J connectivity index is 1.65. The second kappa shape index (κ2) is 5.10. The van der Waals surface area contributed by atoms with E-state index in [9.17, 15) is 5.11 Å². The number of fused-ring (bicyclic) bond motifs is 2. The first-order chi connectivity index (χ1) is 9.15. The highest BCUT2D eigenvalue weighted by Crippen LogP contribution is 2.39. The van der Waals surface area contributed by atoms with Crippen LogP contribution in [0.3, 0.4) is 0 Å². The van der Waals surface area contributed by atoms with E-state index in [2.05, 4.69) is 16.9 Å². The molecule has 19 heavy (non-hydrogen) atoms. The summed E-state index contributed by atoms with van der Waals surface area (Å²) >= 11 is 0. The van der Waals surface area contributed by atoms with E-state index in [1.54, 1.807) is 6.20 Å². The number of hydrogen-bond acceptors (Lipinski definition) is 4. The largest absolute Gasteiger partial charge is 0.392 e. The van der Waals surface area contributed by atoms with Crippen LogP contribution in [0, 0.1) is 5.92 Å². The first-order valence-electron chi connectivity index (χ1n) is 7.24. The van der Waals surface area contributed by atoms with Crippen LogP contribution in [0.25, 0.3) is 0 Å². The van der Waals surface area contributed by atoms with E-state index in [-0.39, 0.29) is 6.10 Å². The molecule has 3 heterocycles. The van der Waals surface area contributed by atoms with Crippen LogP contribution >= 0.6 is 0 Å². The zero-order valence-electron chi connectivity index (χ0n) is 11.5. The Morgan fingerprint density at radius 3 is 2.74 bits per heavy atom. The van der Waals surface area contributed by atoms with Crippen molar-refractivity contribution in [2.45, 2.75) is 50.3 Å². The molecule has 4 nitrogen and oxygen atoms in total. The van der Waals surface area contributed by atoms with Gasteiger partial charge in [-0.3, -0.25) is 0 Å². The van der Waals surface area contributed by atoms with E-state index in [1.165, 1.54) is 12.8 Å². The van der Waals surface area contributed by atoms with Gasteiger partial charge in [-0.25, -0.2) is 4.98 Å². The highest BCUT2D eigenvalue weighted by molar-refractivity contribution is 5.38. The lowest BCUT2D eigenvalue weighted by Crippen LogP contribution is -2.43. The third-order valence-electron chi connectivity index (χ3n) is 5.03. The highest BCUT2D eigenvalue weighted by atomic mass is 16.3. The van der Waals surface area contributed by atoms with Crippen molar-refractivity contribution < 1.29 is 5.11 Å². The topological polar surface area (TPSA) is 62.4 Å². The fraction of sp³-hybridized carbons (Fsp3) is 0.667. The molecule has 1 aromatic heterocycles. The van der Waals surface area contributed by atoms with Gasteiger partial charge in [-0.15, -0.1) is 0 Å². The standard InChI is InChI=1S/C15H23N3O/c1-18-12-4-5-13(18)8-11(7-12)14(19)9-10-3-2-6-17-15(10)16/h2-3,6,11-14,19H,4-5,7-9H2,1H3,(H2,16,17). The summed E-state index contributed by atoms with van der Waals surface area (Å²) < 4.78 is 0. The maximum Gasteiger partial charge on any atom is 0.126 e. The van der Waals surface area contributed by atoms with E-state index in [1.807, 2.05) is 12.1 Å². The zero-order chi connectivity index (χ0) is 13.4. The van der Waals surface area contributed by atoms with Crippen LogP contribution in [0.2, 0.25) is 0 Å². The summed E-state index contributed by atoms with van der Waals surface area (Å²) in [6.45, 7) is 0. The monoisotopic (exact) mass is 261 g/mol. The number of aliphatic hydroxyl groups excluding tert-OH is 1. The Hall–Kier alpha value is -1.13. The number of aromatic nitrogens is 1. The summed E-state index contributed by atoms with van der Waals surface area (Å²) in [5.41, 5.74) is 6.83. The van der Waals surface area contributed by atoms with Crippen LogP contribution in [0.1, 0.15) is 31.2 Å². The fourth-order valence-corrected chi connectivity index (χ4v) is 3.78. The van der Waals surface area contributed by atoms with Gasteiger partial charge < -0.3 is 15.7 Å². The SMILES string of the molecule is CN1C2CCC1CC(C(O)Cc1cccnc1N)C2. The van der Waals surface area contributed by atoms with Crippen molar-refractivity contribution in [1.29, 1.82) is 0 Å². The Kier molecular flexibility index (Phi) is 3.46. The van der Waals surface area contributed by atoms with Crippen molar-refractivity contribution in [3.63, 3.8) is 0 Å². The number of anilines is 1. The van der Waals surface area contributed by atoms with Crippen molar-refractivity contribution in [3.8, 4) is 0 Å². The second-order valence-electron chi connectivity index (χ2n) is 6.10. The molecule has 2 aliphatic rings. The lowest BCUT2D eigenvalue weighted by molar-refractivity contribution is 0.0368. The minimum absolute atomic E-state index is 0.289. The van der Waals surface area contributed by atoms with E-state index in [4.69, 9.17) is 5.73 Å². The number of nitrogens with two attached hydrogens (primary N) is 1. The number of pyridine rings is 1. The molecule has 0 amide bonds. The molecule has 0 aliphatic carbocycles. The first-order valence-corrected chi connectivity index (χ1v) is 7.24. The minimum Gasteiger partial charge on any atom is -0.392 e. The molecule has 0 radical (unpaired) electrons. The van der Waals surface area contributed by atoms with Crippen molar-refractivity contribution >= 4 is 5.82 Å². The lowest BCUT2D eigenvalue weighted by Gasteiger charge is -2.38. The average molecular weight is 261 g/mol. The van der Waals surface area contributed by atoms with Gasteiger partial charge >= 0.3 is 0 Å². The maximum absolute atomic E-state index is 10.5. The number of nitrogen functional groups attached to an aromatic ring is 1. The lowest BCUT2D eigenvalue weighted by atomic mass is 9.84. The van der Waals surface area contributed by atoms with Crippen LogP contribution in [0.15, 0.2) is 18.3 Å². The molecular formula is C15H23N3O. The fourth-order valence-electron chi connectivity index (χ4n) is 3.78. The molecule has 2 aliphatic heterocycles. The molecular weight excluding hydrogens is 238 g/mol. The van der Waals surface area contributed by atoms with Crippen molar-refractivity contribution in [1.82, 2.24) is 9.88 Å². The van der Waals surface area contributed by atoms with Gasteiger partial charge in [0.05, 0.1) is 6.10 Å². The van der Waals surface area contributed by atoms with E-state index in [0.29, 0.717) is 30.2 Å². The molecule has 4 heteroatoms. The van der Waals surface area contributed by atoms with Gasteiger partial charge in [0.25, 0.3) is 0 Å². The van der Waals surface area contributed by atoms with Crippen LogP contribution in [-0.2, 0) is 6.42 Å². The maximum atomic E-state index is 10.5. The molecule has 3 unspecified atom stereocenters. The third-order valence-corrected chi connectivity index (χ3v) is 5.03. The highest BCUT2D eigenvalue weighted by Gasteiger charge is 2.40. The molecule has 3 N–H and O–H groups in total. The molecule has 0 saturated carbocycles. The number of nitrogens with zero attached hydrogens (tertiary/aromatic N) is 2. The molecule has 0 aromatic carbocycles. The molecule has 1 aromatic rings. The summed E-state index contributed by atoms with van der Waals surface area (Å²) in [6, 6.07) is 5.19. The molecule has 0 spiro atoms. The zero-order valence-corrected chi connectivity index (χ0v) is 11.5. The second-order valence-corrected chi connectivity index (χ2v) is 6.10. The van der Waals surface area contributed by atoms with Crippen LogP contribution in [0.4, 0.5) is 5.82 Å². The number of rotatable bonds is 3. The number of hydrogen-bond donors (Lipinski definition) is 2. The van der Waals surface area contributed by atoms with Crippen molar-refractivity contribution in [2.75, 3.05) is 12.8 Å². The summed E-state index contributed by atoms with van der Waals surface area (Å²) in [7, 11) is 2.23. The van der Waals surface area contributed by atoms with Crippen LogP contribution in [0.5, 0.6) is 0 Å². The Morgan fingerprint density at radius 1 is 1.42 bits per heavy atom. The first kappa shape index (κ1) is 12.9. The van der Waals surface area contributed by atoms with Crippen molar-refractivity contribution in [3.05, 3.63) is 23.9 Å². The van der Waals surface area contributed by atoms with Gasteiger partial charge in [0, 0.05) is 24.7 Å². The van der Waals surface area contributed by atoms with Crippen molar-refractivity contribution in [2.24, 2.45) is 5.92 Å². The average Bonchev–Trinajstić information content (AvgIpc) is 2.64. The number of piperidine rings is 1. The summed E-state index contributed by atoms with van der Waals surface area (Å²) in [5, 5.41) is 10.5. The molecule has 3 atom stereocenters. The Labute approximate surface area is 114 Å². The normalized spacial score (nSPS) is 32.4. The third kappa shape index (κ3) is 2.47. The van der Waals surface area contributed by atoms with Gasteiger partial charge in [0.15, 0.2) is 0 Å². The van der Waals surface area contributed by atoms with E-state index >= 15 is 0 Å². The molecule has 2 fully saturated rings. The van der Waals surface area contributed by atoms with Gasteiger partial charge in [-0.1, -0.05) is 6.07 Å². The van der Waals surface area contributed by atoms with Gasteiger partial charge in [-0.2, -0.15) is 0 Å². The Morgan fingerprint density at radius 2 is 2.11 bits per heavy atom. The number of aliphatic hydroxyl groups is 1. The molecule has 2 saturated heterocycles. The van der Waals surface area contributed by atoms with Gasteiger partial charge in [0.2, 0.25) is 0 Å². The predicted octanol–water partition coefficient (Wildman–Crippen LogP) is 1.44. The molecule has 3 rings (SSSR count). The summed E-state index contributed by atoms with van der Waals surface area (Å²) in [5.74, 6) is 0.964. The van der Waals surface area contributed by atoms with Crippen LogP contribution < -0.4 is 5.73 Å². The summed E-state index contributed by atoms with van der Waals surface area (Å²) in [6.07, 6.45) is 6.86. The van der Waals surface area contributed by atoms with Crippen LogP contribution in [-0.4, -0.2) is 40.2 Å². The minimum atomic E-state index is -0.289. The van der Waals surface area contributed by atoms with Gasteiger partial charge in [-0.05, 0) is 50.3 Å².